The van der Waals surface area contributed by atoms with Gasteiger partial charge in [0.25, 0.3) is 0 Å². The number of fused-ring (bicyclic) bond motifs is 1. The third-order valence-corrected chi connectivity index (χ3v) is 4.29. The molecule has 0 aliphatic heterocycles. The Morgan fingerprint density at radius 3 is 3.06 bits per heavy atom. The minimum absolute atomic E-state index is 0.327. The molecule has 1 unspecified atom stereocenters. The van der Waals surface area contributed by atoms with Crippen molar-refractivity contribution in [2.24, 2.45) is 5.41 Å². The van der Waals surface area contributed by atoms with Gasteiger partial charge in [-0.25, -0.2) is 9.97 Å². The number of halogens is 1. The molecule has 0 saturated heterocycles. The maximum absolute atomic E-state index is 4.52. The summed E-state index contributed by atoms with van der Waals surface area (Å²) in [5.41, 5.74) is 1.22. The van der Waals surface area contributed by atoms with Crippen LogP contribution < -0.4 is 5.32 Å². The maximum Gasteiger partial charge on any atom is 0.180 e. The highest BCUT2D eigenvalue weighted by molar-refractivity contribution is 9.10. The molecule has 0 radical (unpaired) electrons. The van der Waals surface area contributed by atoms with E-state index in [0.29, 0.717) is 11.5 Å². The third-order valence-electron chi connectivity index (χ3n) is 3.91. The molecule has 1 aliphatic carbocycles. The van der Waals surface area contributed by atoms with Gasteiger partial charge in [0.15, 0.2) is 11.5 Å². The molecule has 18 heavy (non-hydrogen) atoms. The highest BCUT2D eigenvalue weighted by Gasteiger charge is 2.34. The summed E-state index contributed by atoms with van der Waals surface area (Å²) in [4.78, 5) is 8.89. The van der Waals surface area contributed by atoms with Crippen molar-refractivity contribution in [1.29, 1.82) is 0 Å². The predicted octanol–water partition coefficient (Wildman–Crippen LogP) is 3.48. The molecule has 1 fully saturated rings. The van der Waals surface area contributed by atoms with Crippen molar-refractivity contribution in [1.82, 2.24) is 14.4 Å². The van der Waals surface area contributed by atoms with Gasteiger partial charge in [-0.2, -0.15) is 0 Å². The topological polar surface area (TPSA) is 42.2 Å². The summed E-state index contributed by atoms with van der Waals surface area (Å²) in [5, 5.41) is 3.58. The van der Waals surface area contributed by atoms with Crippen LogP contribution in [0.25, 0.3) is 5.65 Å². The van der Waals surface area contributed by atoms with Crippen LogP contribution in [0.15, 0.2) is 23.2 Å². The van der Waals surface area contributed by atoms with Gasteiger partial charge in [0.05, 0.1) is 0 Å². The van der Waals surface area contributed by atoms with E-state index in [1.165, 1.54) is 19.3 Å². The Morgan fingerprint density at radius 1 is 1.50 bits per heavy atom. The number of aromatic nitrogens is 3. The Hall–Kier alpha value is -1.10. The maximum atomic E-state index is 4.52. The van der Waals surface area contributed by atoms with Crippen LogP contribution in [0.3, 0.4) is 0 Å². The average Bonchev–Trinajstić information content (AvgIpc) is 2.86. The second-order valence-electron chi connectivity index (χ2n) is 5.65. The number of hydrogen-bond acceptors (Lipinski definition) is 3. The van der Waals surface area contributed by atoms with Crippen molar-refractivity contribution in [3.05, 3.63) is 23.2 Å². The smallest absolute Gasteiger partial charge is 0.180 e. The van der Waals surface area contributed by atoms with Crippen molar-refractivity contribution in [2.75, 3.05) is 5.32 Å². The van der Waals surface area contributed by atoms with E-state index in [9.17, 15) is 0 Å². The molecule has 0 bridgehead atoms. The molecule has 1 N–H and O–H groups in total. The number of hydrogen-bond donors (Lipinski definition) is 1. The van der Waals surface area contributed by atoms with Crippen LogP contribution in [0, 0.1) is 5.41 Å². The summed E-state index contributed by atoms with van der Waals surface area (Å²) >= 11 is 3.45. The van der Waals surface area contributed by atoms with Gasteiger partial charge in [-0.05, 0) is 34.2 Å². The Balaban J connectivity index is 1.97. The first kappa shape index (κ1) is 12.0. The number of nitrogens with zero attached hydrogens (tertiary/aromatic N) is 3. The number of nitrogens with one attached hydrogen (secondary N) is 1. The van der Waals surface area contributed by atoms with Gasteiger partial charge in [-0.15, -0.1) is 0 Å². The molecular formula is C13H17BrN4. The van der Waals surface area contributed by atoms with E-state index in [0.717, 1.165) is 16.1 Å². The molecule has 1 aliphatic rings. The molecular weight excluding hydrogens is 292 g/mol. The molecule has 2 heterocycles. The van der Waals surface area contributed by atoms with Crippen LogP contribution in [-0.2, 0) is 0 Å². The lowest BCUT2D eigenvalue weighted by molar-refractivity contribution is 0.349. The van der Waals surface area contributed by atoms with Crippen molar-refractivity contribution in [2.45, 2.75) is 39.2 Å². The minimum atomic E-state index is 0.327. The predicted molar refractivity (Wildman–Crippen MR) is 75.7 cm³/mol. The number of imidazole rings is 1. The monoisotopic (exact) mass is 308 g/mol. The lowest BCUT2D eigenvalue weighted by Crippen LogP contribution is -2.31. The first-order valence-electron chi connectivity index (χ1n) is 6.32. The zero-order valence-electron chi connectivity index (χ0n) is 10.7. The van der Waals surface area contributed by atoms with Gasteiger partial charge in [0.2, 0.25) is 0 Å². The van der Waals surface area contributed by atoms with Gasteiger partial charge < -0.3 is 9.72 Å². The molecule has 0 aromatic carbocycles. The zero-order valence-corrected chi connectivity index (χ0v) is 12.2. The van der Waals surface area contributed by atoms with E-state index in [-0.39, 0.29) is 0 Å². The molecule has 5 heteroatoms. The molecule has 1 saturated carbocycles. The van der Waals surface area contributed by atoms with E-state index in [2.05, 4.69) is 45.1 Å². The van der Waals surface area contributed by atoms with Gasteiger partial charge in [-0.1, -0.05) is 20.3 Å². The SMILES string of the molecule is CC1(C)CCCC1Nc1nc(Br)cn2ccnc12. The van der Waals surface area contributed by atoms with Crippen molar-refractivity contribution >= 4 is 27.4 Å². The van der Waals surface area contributed by atoms with Gasteiger partial charge in [-0.3, -0.25) is 0 Å². The Morgan fingerprint density at radius 2 is 2.33 bits per heavy atom. The lowest BCUT2D eigenvalue weighted by atomic mass is 9.87. The Labute approximate surface area is 115 Å². The Kier molecular flexibility index (Phi) is 2.81. The summed E-state index contributed by atoms with van der Waals surface area (Å²) in [5.74, 6) is 0.870. The van der Waals surface area contributed by atoms with E-state index < -0.39 is 0 Å². The normalized spacial score (nSPS) is 22.5. The fourth-order valence-corrected chi connectivity index (χ4v) is 3.16. The average molecular weight is 309 g/mol. The number of rotatable bonds is 2. The summed E-state index contributed by atoms with van der Waals surface area (Å²) in [6.07, 6.45) is 9.41. The minimum Gasteiger partial charge on any atom is -0.364 e. The van der Waals surface area contributed by atoms with Gasteiger partial charge >= 0.3 is 0 Å². The summed E-state index contributed by atoms with van der Waals surface area (Å²) in [7, 11) is 0. The number of anilines is 1. The van der Waals surface area contributed by atoms with Crippen LogP contribution in [0.4, 0.5) is 5.82 Å². The summed E-state index contributed by atoms with van der Waals surface area (Å²) < 4.78 is 2.81. The van der Waals surface area contributed by atoms with Gasteiger partial charge in [0, 0.05) is 24.6 Å². The molecule has 4 nitrogen and oxygen atoms in total. The molecule has 1 atom stereocenters. The van der Waals surface area contributed by atoms with Crippen molar-refractivity contribution < 1.29 is 0 Å². The van der Waals surface area contributed by atoms with E-state index in [1.807, 2.05) is 16.8 Å². The standard InChI is InChI=1S/C13H17BrN4/c1-13(2)5-3-4-9(13)16-11-12-15-6-7-18(12)8-10(14)17-11/h6-9H,3-5H2,1-2H3,(H,16,17). The van der Waals surface area contributed by atoms with Crippen LogP contribution in [0.5, 0.6) is 0 Å². The molecule has 2 aromatic heterocycles. The third kappa shape index (κ3) is 2.00. The lowest BCUT2D eigenvalue weighted by Gasteiger charge is -2.28. The first-order chi connectivity index (χ1) is 8.56. The molecule has 0 amide bonds. The summed E-state index contributed by atoms with van der Waals surface area (Å²) in [6, 6.07) is 0.472. The van der Waals surface area contributed by atoms with Crippen molar-refractivity contribution in [3.8, 4) is 0 Å². The van der Waals surface area contributed by atoms with Crippen molar-refractivity contribution in [3.63, 3.8) is 0 Å². The second kappa shape index (κ2) is 4.23. The molecule has 96 valence electrons. The van der Waals surface area contributed by atoms with Gasteiger partial charge in [0.1, 0.15) is 4.60 Å². The van der Waals surface area contributed by atoms with E-state index >= 15 is 0 Å². The first-order valence-corrected chi connectivity index (χ1v) is 7.11. The van der Waals surface area contributed by atoms with Crippen LogP contribution >= 0.6 is 15.9 Å². The molecule has 3 rings (SSSR count). The Bertz CT molecular complexity index is 575. The van der Waals surface area contributed by atoms with E-state index in [1.54, 1.807) is 6.20 Å². The quantitative estimate of drug-likeness (QED) is 0.923. The largest absolute Gasteiger partial charge is 0.364 e. The summed E-state index contributed by atoms with van der Waals surface area (Å²) in [6.45, 7) is 4.64. The molecule has 2 aromatic rings. The highest BCUT2D eigenvalue weighted by Crippen LogP contribution is 2.39. The fourth-order valence-electron chi connectivity index (χ4n) is 2.76. The zero-order chi connectivity index (χ0) is 12.8. The second-order valence-corrected chi connectivity index (χ2v) is 6.46. The molecule has 0 spiro atoms. The van der Waals surface area contributed by atoms with Crippen LogP contribution in [0.1, 0.15) is 33.1 Å². The highest BCUT2D eigenvalue weighted by atomic mass is 79.9. The van der Waals surface area contributed by atoms with Crippen LogP contribution in [0.2, 0.25) is 0 Å². The van der Waals surface area contributed by atoms with E-state index in [4.69, 9.17) is 0 Å². The fraction of sp³-hybridized carbons (Fsp3) is 0.538. The van der Waals surface area contributed by atoms with Crippen LogP contribution in [-0.4, -0.2) is 20.4 Å².